The summed E-state index contributed by atoms with van der Waals surface area (Å²) in [6, 6.07) is 0. The summed E-state index contributed by atoms with van der Waals surface area (Å²) in [5.74, 6) is 0. The highest BCUT2D eigenvalue weighted by Crippen LogP contribution is 2.47. The Balaban J connectivity index is 3.12. The molecule has 0 N–H and O–H groups in total. The van der Waals surface area contributed by atoms with Gasteiger partial charge in [-0.1, -0.05) is 41.5 Å². The number of carbonyl (C=O) groups excluding carboxylic acids is 1. The zero-order valence-electron chi connectivity index (χ0n) is 10.8. The first-order valence-electron chi connectivity index (χ1n) is 5.38. The lowest BCUT2D eigenvalue weighted by Gasteiger charge is -2.43. The third kappa shape index (κ3) is 1.97. The Kier molecular flexibility index (Phi) is 2.57. The highest BCUT2D eigenvalue weighted by molar-refractivity contribution is 5.64. The van der Waals surface area contributed by atoms with Crippen molar-refractivity contribution in [1.29, 1.82) is 0 Å². The summed E-state index contributed by atoms with van der Waals surface area (Å²) in [5.41, 5.74) is -0.826. The Bertz CT molecular complexity index is 270. The summed E-state index contributed by atoms with van der Waals surface area (Å²) in [7, 11) is 0. The van der Waals surface area contributed by atoms with Gasteiger partial charge in [-0.05, 0) is 6.92 Å². The molecule has 0 aromatic heterocycles. The monoisotopic (exact) mass is 214 g/mol. The van der Waals surface area contributed by atoms with E-state index in [0.29, 0.717) is 0 Å². The van der Waals surface area contributed by atoms with Crippen molar-refractivity contribution in [2.24, 2.45) is 10.8 Å². The van der Waals surface area contributed by atoms with E-state index < -0.39 is 11.8 Å². The molecule has 2 unspecified atom stereocenters. The molecule has 1 aliphatic rings. The number of hydrogen-bond acceptors (Lipinski definition) is 3. The van der Waals surface area contributed by atoms with Crippen LogP contribution in [0.2, 0.25) is 0 Å². The smallest absolute Gasteiger partial charge is 0.426 e. The van der Waals surface area contributed by atoms with Crippen molar-refractivity contribution in [1.82, 2.24) is 0 Å². The Labute approximate surface area is 92.1 Å². The van der Waals surface area contributed by atoms with Crippen LogP contribution in [-0.2, 0) is 9.47 Å². The Hall–Kier alpha value is -0.730. The molecule has 88 valence electrons. The van der Waals surface area contributed by atoms with Crippen LogP contribution in [0.25, 0.3) is 0 Å². The van der Waals surface area contributed by atoms with Crippen LogP contribution in [-0.4, -0.2) is 17.9 Å². The quantitative estimate of drug-likeness (QED) is 0.580. The average molecular weight is 214 g/mol. The first-order chi connectivity index (χ1) is 6.48. The average Bonchev–Trinajstić information content (AvgIpc) is 2.24. The maximum atomic E-state index is 11.3. The van der Waals surface area contributed by atoms with Crippen molar-refractivity contribution in [2.45, 2.75) is 60.2 Å². The molecule has 1 rings (SSSR count). The van der Waals surface area contributed by atoms with Gasteiger partial charge in [0.05, 0.1) is 0 Å². The van der Waals surface area contributed by atoms with Gasteiger partial charge in [0.1, 0.15) is 0 Å². The Morgan fingerprint density at radius 1 is 1.13 bits per heavy atom. The van der Waals surface area contributed by atoms with Crippen LogP contribution >= 0.6 is 0 Å². The predicted octanol–water partition coefficient (Wildman–Crippen LogP) is 3.37. The molecule has 3 heteroatoms. The fraction of sp³-hybridized carbons (Fsp3) is 0.917. The van der Waals surface area contributed by atoms with Gasteiger partial charge in [0.2, 0.25) is 0 Å². The van der Waals surface area contributed by atoms with Crippen LogP contribution in [0.15, 0.2) is 0 Å². The first kappa shape index (κ1) is 12.3. The minimum absolute atomic E-state index is 0.117. The molecule has 1 fully saturated rings. The fourth-order valence-corrected chi connectivity index (χ4v) is 2.01. The molecule has 1 heterocycles. The number of ether oxygens (including phenoxy) is 2. The van der Waals surface area contributed by atoms with E-state index in [1.807, 2.05) is 6.92 Å². The zero-order chi connectivity index (χ0) is 12.1. The summed E-state index contributed by atoms with van der Waals surface area (Å²) >= 11 is 0. The molecule has 0 amide bonds. The highest BCUT2D eigenvalue weighted by Gasteiger charge is 2.58. The number of hydrogen-bond donors (Lipinski definition) is 0. The summed E-state index contributed by atoms with van der Waals surface area (Å²) < 4.78 is 10.7. The van der Waals surface area contributed by atoms with Crippen molar-refractivity contribution in [3.05, 3.63) is 0 Å². The normalized spacial score (nSPS) is 32.5. The molecule has 0 bridgehead atoms. The second kappa shape index (κ2) is 3.13. The van der Waals surface area contributed by atoms with E-state index in [0.717, 1.165) is 0 Å². The molecule has 15 heavy (non-hydrogen) atoms. The fourth-order valence-electron chi connectivity index (χ4n) is 2.01. The van der Waals surface area contributed by atoms with Gasteiger partial charge in [0, 0.05) is 10.8 Å². The molecular weight excluding hydrogens is 192 g/mol. The van der Waals surface area contributed by atoms with Crippen LogP contribution in [0.5, 0.6) is 0 Å². The lowest BCUT2D eigenvalue weighted by molar-refractivity contribution is -0.0816. The predicted molar refractivity (Wildman–Crippen MR) is 58.7 cm³/mol. The lowest BCUT2D eigenvalue weighted by Crippen LogP contribution is -2.53. The number of rotatable bonds is 0. The second-order valence-corrected chi connectivity index (χ2v) is 6.57. The van der Waals surface area contributed by atoms with Crippen LogP contribution in [0.3, 0.4) is 0 Å². The van der Waals surface area contributed by atoms with Gasteiger partial charge in [-0.15, -0.1) is 0 Å². The van der Waals surface area contributed by atoms with Crippen molar-refractivity contribution < 1.29 is 14.3 Å². The number of carbonyl (C=O) groups is 1. The van der Waals surface area contributed by atoms with Crippen LogP contribution in [0.4, 0.5) is 4.79 Å². The van der Waals surface area contributed by atoms with Gasteiger partial charge >= 0.3 is 6.16 Å². The van der Waals surface area contributed by atoms with Gasteiger partial charge in [-0.3, -0.25) is 0 Å². The summed E-state index contributed by atoms with van der Waals surface area (Å²) in [6.45, 7) is 14.3. The largest absolute Gasteiger partial charge is 0.509 e. The van der Waals surface area contributed by atoms with E-state index in [1.165, 1.54) is 0 Å². The minimum Gasteiger partial charge on any atom is -0.426 e. The first-order valence-corrected chi connectivity index (χ1v) is 5.38. The minimum atomic E-state index is -0.567. The third-order valence-corrected chi connectivity index (χ3v) is 3.29. The Morgan fingerprint density at radius 2 is 1.60 bits per heavy atom. The van der Waals surface area contributed by atoms with E-state index in [1.54, 1.807) is 0 Å². The molecule has 0 spiro atoms. The van der Waals surface area contributed by atoms with Crippen molar-refractivity contribution in [2.75, 3.05) is 0 Å². The molecule has 1 aliphatic heterocycles. The Morgan fingerprint density at radius 3 is 1.87 bits per heavy atom. The summed E-state index contributed by atoms with van der Waals surface area (Å²) in [4.78, 5) is 11.3. The topological polar surface area (TPSA) is 35.5 Å². The van der Waals surface area contributed by atoms with Gasteiger partial charge < -0.3 is 9.47 Å². The van der Waals surface area contributed by atoms with E-state index in [9.17, 15) is 4.79 Å². The molecule has 2 atom stereocenters. The molecule has 0 aromatic rings. The molecule has 0 aliphatic carbocycles. The van der Waals surface area contributed by atoms with E-state index in [-0.39, 0.29) is 16.9 Å². The SMILES string of the molecule is CC(C)(C)C1OC(=O)OC1(C)C(C)(C)C. The van der Waals surface area contributed by atoms with Gasteiger partial charge in [-0.2, -0.15) is 0 Å². The summed E-state index contributed by atoms with van der Waals surface area (Å²) in [5, 5.41) is 0. The van der Waals surface area contributed by atoms with Gasteiger partial charge in [0.15, 0.2) is 11.7 Å². The van der Waals surface area contributed by atoms with Gasteiger partial charge in [-0.25, -0.2) is 4.79 Å². The van der Waals surface area contributed by atoms with Crippen molar-refractivity contribution >= 4 is 6.16 Å². The molecule has 0 saturated carbocycles. The third-order valence-electron chi connectivity index (χ3n) is 3.29. The summed E-state index contributed by atoms with van der Waals surface area (Å²) in [6.07, 6.45) is -0.759. The van der Waals surface area contributed by atoms with E-state index >= 15 is 0 Å². The maximum absolute atomic E-state index is 11.3. The van der Waals surface area contributed by atoms with Gasteiger partial charge in [0.25, 0.3) is 0 Å². The molecule has 1 saturated heterocycles. The standard InChI is InChI=1S/C12H22O3/c1-10(2,3)8-12(7,11(4,5)6)15-9(13)14-8/h8H,1-7H3. The van der Waals surface area contributed by atoms with Crippen molar-refractivity contribution in [3.63, 3.8) is 0 Å². The maximum Gasteiger partial charge on any atom is 0.509 e. The van der Waals surface area contributed by atoms with E-state index in [2.05, 4.69) is 41.5 Å². The highest BCUT2D eigenvalue weighted by atomic mass is 16.8. The number of cyclic esters (lactones) is 2. The second-order valence-electron chi connectivity index (χ2n) is 6.57. The molecule has 0 radical (unpaired) electrons. The lowest BCUT2D eigenvalue weighted by atomic mass is 9.67. The van der Waals surface area contributed by atoms with Crippen LogP contribution in [0.1, 0.15) is 48.5 Å². The zero-order valence-corrected chi connectivity index (χ0v) is 10.8. The van der Waals surface area contributed by atoms with E-state index in [4.69, 9.17) is 9.47 Å². The molecule has 3 nitrogen and oxygen atoms in total. The van der Waals surface area contributed by atoms with Crippen LogP contribution < -0.4 is 0 Å². The van der Waals surface area contributed by atoms with Crippen LogP contribution in [0, 0.1) is 10.8 Å². The molecular formula is C12H22O3. The van der Waals surface area contributed by atoms with Crippen molar-refractivity contribution in [3.8, 4) is 0 Å². The molecule has 0 aromatic carbocycles.